The van der Waals surface area contributed by atoms with E-state index in [1.807, 2.05) is 20.8 Å². The molecule has 0 aromatic heterocycles. The van der Waals surface area contributed by atoms with E-state index in [4.69, 9.17) is 5.11 Å². The Morgan fingerprint density at radius 2 is 2.00 bits per heavy atom. The summed E-state index contributed by atoms with van der Waals surface area (Å²) in [5.74, 6) is 0.529. The molecule has 14 heavy (non-hydrogen) atoms. The first kappa shape index (κ1) is 13.4. The molecule has 3 heteroatoms. The Hall–Kier alpha value is -0.570. The maximum absolute atomic E-state index is 11.5. The molecule has 84 valence electrons. The zero-order valence-corrected chi connectivity index (χ0v) is 9.76. The zero-order chi connectivity index (χ0) is 11.2. The molecule has 2 N–H and O–H groups in total. The molecule has 0 aromatic carbocycles. The van der Waals surface area contributed by atoms with Gasteiger partial charge in [-0.15, -0.1) is 0 Å². The number of amides is 1. The molecule has 3 nitrogen and oxygen atoms in total. The van der Waals surface area contributed by atoms with Gasteiger partial charge in [-0.1, -0.05) is 27.7 Å². The number of nitrogens with one attached hydrogen (secondary N) is 1. The molecule has 1 unspecified atom stereocenters. The normalized spacial score (nSPS) is 13.8. The number of aliphatic hydroxyl groups is 1. The summed E-state index contributed by atoms with van der Waals surface area (Å²) in [5, 5.41) is 11.5. The van der Waals surface area contributed by atoms with Gasteiger partial charge in [-0.2, -0.15) is 0 Å². The molecule has 0 aliphatic carbocycles. The number of carbonyl (C=O) groups is 1. The minimum absolute atomic E-state index is 0.0911. The van der Waals surface area contributed by atoms with Crippen molar-refractivity contribution in [2.75, 3.05) is 13.2 Å². The van der Waals surface area contributed by atoms with E-state index in [1.54, 1.807) is 0 Å². The predicted molar refractivity (Wildman–Crippen MR) is 57.9 cm³/mol. The van der Waals surface area contributed by atoms with Crippen LogP contribution in [0.3, 0.4) is 0 Å². The Morgan fingerprint density at radius 3 is 2.43 bits per heavy atom. The fraction of sp³-hybridized carbons (Fsp3) is 0.909. The quantitative estimate of drug-likeness (QED) is 0.709. The van der Waals surface area contributed by atoms with Gasteiger partial charge < -0.3 is 10.4 Å². The average molecular weight is 201 g/mol. The fourth-order valence-electron chi connectivity index (χ4n) is 1.07. The minimum atomic E-state index is -0.309. The number of rotatable bonds is 5. The summed E-state index contributed by atoms with van der Waals surface area (Å²) in [6.07, 6.45) is 1.77. The number of hydrogen-bond donors (Lipinski definition) is 2. The second-order valence-corrected chi connectivity index (χ2v) is 4.93. The summed E-state index contributed by atoms with van der Waals surface area (Å²) >= 11 is 0. The van der Waals surface area contributed by atoms with Crippen LogP contribution in [0.4, 0.5) is 0 Å². The van der Waals surface area contributed by atoms with Gasteiger partial charge in [-0.25, -0.2) is 0 Å². The van der Waals surface area contributed by atoms with Crippen LogP contribution in [0, 0.1) is 11.3 Å². The van der Waals surface area contributed by atoms with Crippen LogP contribution in [0.2, 0.25) is 0 Å². The molecular formula is C11H23NO2. The van der Waals surface area contributed by atoms with Crippen molar-refractivity contribution in [2.24, 2.45) is 11.3 Å². The Labute approximate surface area is 86.9 Å². The third-order valence-electron chi connectivity index (χ3n) is 2.15. The van der Waals surface area contributed by atoms with E-state index in [0.29, 0.717) is 12.5 Å². The van der Waals surface area contributed by atoms with E-state index in [9.17, 15) is 4.79 Å². The van der Waals surface area contributed by atoms with Gasteiger partial charge in [0.15, 0.2) is 0 Å². The van der Waals surface area contributed by atoms with Crippen LogP contribution in [-0.4, -0.2) is 24.2 Å². The van der Waals surface area contributed by atoms with Gasteiger partial charge in [0.2, 0.25) is 5.91 Å². The summed E-state index contributed by atoms with van der Waals surface area (Å²) in [5.41, 5.74) is -0.309. The van der Waals surface area contributed by atoms with E-state index in [0.717, 1.165) is 12.8 Å². The van der Waals surface area contributed by atoms with Gasteiger partial charge in [-0.05, 0) is 18.8 Å². The molecule has 0 spiro atoms. The minimum Gasteiger partial charge on any atom is -0.396 e. The first-order valence-corrected chi connectivity index (χ1v) is 5.27. The van der Waals surface area contributed by atoms with Crippen LogP contribution in [0.1, 0.15) is 40.5 Å². The summed E-state index contributed by atoms with van der Waals surface area (Å²) in [6.45, 7) is 8.73. The molecule has 0 radical (unpaired) electrons. The number of aliphatic hydroxyl groups excluding tert-OH is 1. The molecule has 1 atom stereocenters. The smallest absolute Gasteiger partial charge is 0.225 e. The molecule has 1 amide bonds. The van der Waals surface area contributed by atoms with Gasteiger partial charge >= 0.3 is 0 Å². The van der Waals surface area contributed by atoms with Crippen LogP contribution in [0.5, 0.6) is 0 Å². The van der Waals surface area contributed by atoms with Crippen LogP contribution < -0.4 is 5.32 Å². The predicted octanol–water partition coefficient (Wildman–Crippen LogP) is 1.56. The van der Waals surface area contributed by atoms with E-state index in [2.05, 4.69) is 12.2 Å². The van der Waals surface area contributed by atoms with Crippen molar-refractivity contribution in [1.82, 2.24) is 5.32 Å². The lowest BCUT2D eigenvalue weighted by Gasteiger charge is -2.19. The van der Waals surface area contributed by atoms with E-state index < -0.39 is 0 Å². The van der Waals surface area contributed by atoms with E-state index in [1.165, 1.54) is 0 Å². The van der Waals surface area contributed by atoms with Gasteiger partial charge in [0, 0.05) is 18.6 Å². The molecule has 0 heterocycles. The Morgan fingerprint density at radius 1 is 1.43 bits per heavy atom. The van der Waals surface area contributed by atoms with Crippen molar-refractivity contribution in [3.8, 4) is 0 Å². The Balaban J connectivity index is 3.67. The molecule has 0 aromatic rings. The number of hydrogen-bond acceptors (Lipinski definition) is 2. The molecule has 0 aliphatic rings. The largest absolute Gasteiger partial charge is 0.396 e. The van der Waals surface area contributed by atoms with Crippen molar-refractivity contribution < 1.29 is 9.90 Å². The maximum atomic E-state index is 11.5. The van der Waals surface area contributed by atoms with Crippen LogP contribution >= 0.6 is 0 Å². The molecule has 0 fully saturated rings. The van der Waals surface area contributed by atoms with E-state index in [-0.39, 0.29) is 17.9 Å². The van der Waals surface area contributed by atoms with Gasteiger partial charge in [0.05, 0.1) is 0 Å². The molecule has 0 bridgehead atoms. The first-order valence-electron chi connectivity index (χ1n) is 5.27. The van der Waals surface area contributed by atoms with Crippen LogP contribution in [-0.2, 0) is 4.79 Å². The molecule has 0 saturated heterocycles. The van der Waals surface area contributed by atoms with Crippen molar-refractivity contribution >= 4 is 5.91 Å². The third-order valence-corrected chi connectivity index (χ3v) is 2.15. The van der Waals surface area contributed by atoms with Crippen LogP contribution in [0.15, 0.2) is 0 Å². The standard InChI is InChI=1S/C11H23NO2/c1-9(6-5-7-13)8-12-10(14)11(2,3)4/h9,13H,5-8H2,1-4H3,(H,12,14). The topological polar surface area (TPSA) is 49.3 Å². The summed E-state index contributed by atoms with van der Waals surface area (Å²) in [7, 11) is 0. The van der Waals surface area contributed by atoms with Gasteiger partial charge in [-0.3, -0.25) is 4.79 Å². The lowest BCUT2D eigenvalue weighted by molar-refractivity contribution is -0.128. The van der Waals surface area contributed by atoms with Crippen molar-refractivity contribution in [1.29, 1.82) is 0 Å². The average Bonchev–Trinajstić information content (AvgIpc) is 2.09. The van der Waals surface area contributed by atoms with E-state index >= 15 is 0 Å². The Bertz CT molecular complexity index is 173. The number of carbonyl (C=O) groups excluding carboxylic acids is 1. The monoisotopic (exact) mass is 201 g/mol. The van der Waals surface area contributed by atoms with Gasteiger partial charge in [0.1, 0.15) is 0 Å². The van der Waals surface area contributed by atoms with Crippen molar-refractivity contribution in [2.45, 2.75) is 40.5 Å². The molecule has 0 aliphatic heterocycles. The fourth-order valence-corrected chi connectivity index (χ4v) is 1.07. The maximum Gasteiger partial charge on any atom is 0.225 e. The van der Waals surface area contributed by atoms with Crippen molar-refractivity contribution in [3.05, 3.63) is 0 Å². The highest BCUT2D eigenvalue weighted by atomic mass is 16.2. The second-order valence-electron chi connectivity index (χ2n) is 4.93. The first-order chi connectivity index (χ1) is 6.38. The highest BCUT2D eigenvalue weighted by molar-refractivity contribution is 5.81. The zero-order valence-electron chi connectivity index (χ0n) is 9.76. The highest BCUT2D eigenvalue weighted by Crippen LogP contribution is 2.13. The van der Waals surface area contributed by atoms with Crippen LogP contribution in [0.25, 0.3) is 0 Å². The van der Waals surface area contributed by atoms with Gasteiger partial charge in [0.25, 0.3) is 0 Å². The summed E-state index contributed by atoms with van der Waals surface area (Å²) < 4.78 is 0. The third kappa shape index (κ3) is 5.97. The molecule has 0 saturated carbocycles. The molecule has 0 rings (SSSR count). The summed E-state index contributed by atoms with van der Waals surface area (Å²) in [4.78, 5) is 11.5. The second kappa shape index (κ2) is 6.02. The lowest BCUT2D eigenvalue weighted by Crippen LogP contribution is -2.37. The van der Waals surface area contributed by atoms with Crippen molar-refractivity contribution in [3.63, 3.8) is 0 Å². The Kier molecular flexibility index (Phi) is 5.77. The summed E-state index contributed by atoms with van der Waals surface area (Å²) in [6, 6.07) is 0. The SMILES string of the molecule is CC(CCCO)CNC(=O)C(C)(C)C. The lowest BCUT2D eigenvalue weighted by atomic mass is 9.95. The molecular weight excluding hydrogens is 178 g/mol. The highest BCUT2D eigenvalue weighted by Gasteiger charge is 2.20.